The van der Waals surface area contributed by atoms with Crippen molar-refractivity contribution in [2.45, 2.75) is 75.8 Å². The average molecular weight is 303 g/mol. The zero-order chi connectivity index (χ0) is 15.6. The third-order valence-corrected chi connectivity index (χ3v) is 5.58. The highest BCUT2D eigenvalue weighted by atomic mass is 16.2. The van der Waals surface area contributed by atoms with E-state index in [1.54, 1.807) is 0 Å². The van der Waals surface area contributed by atoms with Gasteiger partial charge in [0.05, 0.1) is 12.0 Å². The Morgan fingerprint density at radius 2 is 1.86 bits per heavy atom. The number of amides is 2. The number of nitriles is 1. The van der Waals surface area contributed by atoms with Gasteiger partial charge in [0.15, 0.2) is 0 Å². The lowest BCUT2D eigenvalue weighted by molar-refractivity contribution is -0.130. The Bertz CT molecular complexity index is 485. The number of hydrogen-bond donors (Lipinski definition) is 1. The SMILES string of the molecule is N#CC1(NC(=O)C2CC(=O)N(C3CCCCCC3)C2)CCC1. The van der Waals surface area contributed by atoms with Gasteiger partial charge >= 0.3 is 0 Å². The molecule has 2 amide bonds. The van der Waals surface area contributed by atoms with Crippen LogP contribution in [0.5, 0.6) is 0 Å². The van der Waals surface area contributed by atoms with Crippen molar-refractivity contribution in [3.8, 4) is 6.07 Å². The number of likely N-dealkylation sites (tertiary alicyclic amines) is 1. The number of nitrogens with one attached hydrogen (secondary N) is 1. The number of carbonyl (C=O) groups is 2. The molecule has 0 bridgehead atoms. The van der Waals surface area contributed by atoms with E-state index in [0.717, 1.165) is 32.1 Å². The van der Waals surface area contributed by atoms with Crippen LogP contribution in [0.15, 0.2) is 0 Å². The normalized spacial score (nSPS) is 28.6. The van der Waals surface area contributed by atoms with Gasteiger partial charge in [-0.1, -0.05) is 25.7 Å². The molecule has 5 heteroatoms. The number of hydrogen-bond acceptors (Lipinski definition) is 3. The smallest absolute Gasteiger partial charge is 0.226 e. The van der Waals surface area contributed by atoms with E-state index in [9.17, 15) is 14.9 Å². The summed E-state index contributed by atoms with van der Waals surface area (Å²) in [6, 6.07) is 2.55. The molecule has 3 aliphatic rings. The molecule has 120 valence electrons. The Morgan fingerprint density at radius 3 is 2.41 bits per heavy atom. The summed E-state index contributed by atoms with van der Waals surface area (Å²) in [5, 5.41) is 12.1. The Labute approximate surface area is 132 Å². The maximum atomic E-state index is 12.4. The first-order valence-corrected chi connectivity index (χ1v) is 8.66. The van der Waals surface area contributed by atoms with Crippen LogP contribution in [-0.4, -0.2) is 34.8 Å². The monoisotopic (exact) mass is 303 g/mol. The number of carbonyl (C=O) groups excluding carboxylic acids is 2. The van der Waals surface area contributed by atoms with E-state index in [4.69, 9.17) is 0 Å². The fourth-order valence-electron chi connectivity index (χ4n) is 3.96. The molecule has 0 aromatic carbocycles. The molecule has 1 heterocycles. The Kier molecular flexibility index (Phi) is 4.37. The van der Waals surface area contributed by atoms with Crippen LogP contribution in [0.3, 0.4) is 0 Å². The fourth-order valence-corrected chi connectivity index (χ4v) is 3.96. The largest absolute Gasteiger partial charge is 0.339 e. The van der Waals surface area contributed by atoms with Gasteiger partial charge in [0.25, 0.3) is 0 Å². The van der Waals surface area contributed by atoms with Crippen LogP contribution in [0, 0.1) is 17.2 Å². The summed E-state index contributed by atoms with van der Waals surface area (Å²) in [4.78, 5) is 26.7. The summed E-state index contributed by atoms with van der Waals surface area (Å²) in [5.74, 6) is -0.265. The van der Waals surface area contributed by atoms with Gasteiger partial charge in [-0.25, -0.2) is 0 Å². The maximum absolute atomic E-state index is 12.4. The molecule has 0 aromatic rings. The van der Waals surface area contributed by atoms with Gasteiger partial charge in [0.1, 0.15) is 5.54 Å². The van der Waals surface area contributed by atoms with Crippen molar-refractivity contribution in [2.24, 2.45) is 5.92 Å². The summed E-state index contributed by atoms with van der Waals surface area (Å²) < 4.78 is 0. The number of rotatable bonds is 3. The van der Waals surface area contributed by atoms with Gasteiger partial charge in [-0.05, 0) is 32.1 Å². The van der Waals surface area contributed by atoms with E-state index in [1.165, 1.54) is 25.7 Å². The highest BCUT2D eigenvalue weighted by Gasteiger charge is 2.43. The summed E-state index contributed by atoms with van der Waals surface area (Å²) in [7, 11) is 0. The first kappa shape index (κ1) is 15.3. The fraction of sp³-hybridized carbons (Fsp3) is 0.824. The van der Waals surface area contributed by atoms with Crippen molar-refractivity contribution in [1.29, 1.82) is 5.26 Å². The second-order valence-corrected chi connectivity index (χ2v) is 7.13. The molecule has 1 atom stereocenters. The lowest BCUT2D eigenvalue weighted by atomic mass is 9.77. The topological polar surface area (TPSA) is 73.2 Å². The van der Waals surface area contributed by atoms with Crippen molar-refractivity contribution in [2.75, 3.05) is 6.54 Å². The average Bonchev–Trinajstić information content (AvgIpc) is 2.70. The second-order valence-electron chi connectivity index (χ2n) is 7.13. The highest BCUT2D eigenvalue weighted by Crippen LogP contribution is 2.33. The molecule has 0 aromatic heterocycles. The van der Waals surface area contributed by atoms with Crippen LogP contribution < -0.4 is 5.32 Å². The molecule has 3 fully saturated rings. The van der Waals surface area contributed by atoms with Gasteiger partial charge in [0.2, 0.25) is 11.8 Å². The van der Waals surface area contributed by atoms with Crippen molar-refractivity contribution < 1.29 is 9.59 Å². The lowest BCUT2D eigenvalue weighted by Crippen LogP contribution is -2.54. The van der Waals surface area contributed by atoms with Crippen LogP contribution in [0.4, 0.5) is 0 Å². The Morgan fingerprint density at radius 1 is 1.18 bits per heavy atom. The molecular weight excluding hydrogens is 278 g/mol. The van der Waals surface area contributed by atoms with Crippen molar-refractivity contribution in [3.05, 3.63) is 0 Å². The lowest BCUT2D eigenvalue weighted by Gasteiger charge is -2.36. The van der Waals surface area contributed by atoms with Gasteiger partial charge in [-0.15, -0.1) is 0 Å². The van der Waals surface area contributed by atoms with Gasteiger partial charge in [-0.2, -0.15) is 5.26 Å². The molecule has 1 unspecified atom stereocenters. The van der Waals surface area contributed by atoms with E-state index >= 15 is 0 Å². The minimum absolute atomic E-state index is 0.106. The van der Waals surface area contributed by atoms with Crippen molar-refractivity contribution >= 4 is 11.8 Å². The van der Waals surface area contributed by atoms with E-state index < -0.39 is 5.54 Å². The molecule has 1 aliphatic heterocycles. The van der Waals surface area contributed by atoms with Gasteiger partial charge in [-0.3, -0.25) is 9.59 Å². The van der Waals surface area contributed by atoms with E-state index in [0.29, 0.717) is 19.0 Å². The van der Waals surface area contributed by atoms with Crippen LogP contribution in [0.2, 0.25) is 0 Å². The minimum atomic E-state index is -0.657. The molecule has 0 radical (unpaired) electrons. The van der Waals surface area contributed by atoms with Crippen LogP contribution in [0.1, 0.15) is 64.2 Å². The Hall–Kier alpha value is -1.57. The molecule has 0 spiro atoms. The van der Waals surface area contributed by atoms with Gasteiger partial charge in [0, 0.05) is 19.0 Å². The van der Waals surface area contributed by atoms with Crippen molar-refractivity contribution in [1.82, 2.24) is 10.2 Å². The second kappa shape index (κ2) is 6.28. The number of nitrogens with zero attached hydrogens (tertiary/aromatic N) is 2. The Balaban J connectivity index is 1.59. The van der Waals surface area contributed by atoms with E-state index in [1.807, 2.05) is 4.90 Å². The van der Waals surface area contributed by atoms with E-state index in [-0.39, 0.29) is 17.7 Å². The quantitative estimate of drug-likeness (QED) is 0.812. The minimum Gasteiger partial charge on any atom is -0.339 e. The van der Waals surface area contributed by atoms with Crippen LogP contribution >= 0.6 is 0 Å². The van der Waals surface area contributed by atoms with Gasteiger partial charge < -0.3 is 10.2 Å². The molecule has 3 rings (SSSR count). The third kappa shape index (κ3) is 2.97. The zero-order valence-corrected chi connectivity index (χ0v) is 13.1. The highest BCUT2D eigenvalue weighted by molar-refractivity contribution is 5.90. The molecule has 2 saturated carbocycles. The zero-order valence-electron chi connectivity index (χ0n) is 13.1. The first-order chi connectivity index (χ1) is 10.6. The maximum Gasteiger partial charge on any atom is 0.226 e. The third-order valence-electron chi connectivity index (χ3n) is 5.58. The molecule has 1 saturated heterocycles. The van der Waals surface area contributed by atoms with Crippen molar-refractivity contribution in [3.63, 3.8) is 0 Å². The predicted molar refractivity (Wildman–Crippen MR) is 81.6 cm³/mol. The summed E-state index contributed by atoms with van der Waals surface area (Å²) in [6.45, 7) is 0.539. The van der Waals surface area contributed by atoms with Crippen LogP contribution in [-0.2, 0) is 9.59 Å². The molecule has 2 aliphatic carbocycles. The standard InChI is InChI=1S/C17H25N3O2/c18-12-17(8-5-9-17)19-16(22)13-10-15(21)20(11-13)14-6-3-1-2-4-7-14/h13-14H,1-11H2,(H,19,22). The predicted octanol–water partition coefficient (Wildman–Crippen LogP) is 2.12. The molecule has 22 heavy (non-hydrogen) atoms. The summed E-state index contributed by atoms with van der Waals surface area (Å²) in [5.41, 5.74) is -0.657. The summed E-state index contributed by atoms with van der Waals surface area (Å²) >= 11 is 0. The van der Waals surface area contributed by atoms with Crippen LogP contribution in [0.25, 0.3) is 0 Å². The molecule has 5 nitrogen and oxygen atoms in total. The summed E-state index contributed by atoms with van der Waals surface area (Å²) in [6.07, 6.45) is 9.80. The molecular formula is C17H25N3O2. The first-order valence-electron chi connectivity index (χ1n) is 8.66. The molecule has 1 N–H and O–H groups in total. The van der Waals surface area contributed by atoms with E-state index in [2.05, 4.69) is 11.4 Å².